The molecular formula is C15H12BrN3O. The van der Waals surface area contributed by atoms with Gasteiger partial charge in [-0.05, 0) is 40.5 Å². The van der Waals surface area contributed by atoms with Gasteiger partial charge in [0.2, 0.25) is 0 Å². The Balaban J connectivity index is 2.11. The molecule has 3 rings (SSSR count). The number of fused-ring (bicyclic) bond motifs is 1. The van der Waals surface area contributed by atoms with Crippen LogP contribution in [-0.2, 0) is 6.54 Å². The van der Waals surface area contributed by atoms with Crippen LogP contribution in [0.5, 0.6) is 0 Å². The number of benzene rings is 1. The van der Waals surface area contributed by atoms with Crippen molar-refractivity contribution in [3.63, 3.8) is 0 Å². The Labute approximate surface area is 124 Å². The van der Waals surface area contributed by atoms with Gasteiger partial charge in [-0.15, -0.1) is 0 Å². The fourth-order valence-corrected chi connectivity index (χ4v) is 2.47. The number of pyridine rings is 1. The van der Waals surface area contributed by atoms with Gasteiger partial charge in [0.1, 0.15) is 4.47 Å². The molecule has 0 amide bonds. The molecule has 3 aromatic rings. The molecule has 0 N–H and O–H groups in total. The molecule has 0 saturated carbocycles. The molecule has 20 heavy (non-hydrogen) atoms. The third kappa shape index (κ3) is 2.25. The van der Waals surface area contributed by atoms with Gasteiger partial charge < -0.3 is 0 Å². The lowest BCUT2D eigenvalue weighted by molar-refractivity contribution is 0.727. The number of aryl methyl sites for hydroxylation is 1. The number of rotatable bonds is 2. The summed E-state index contributed by atoms with van der Waals surface area (Å²) < 4.78 is 2.11. The molecule has 0 aliphatic rings. The Morgan fingerprint density at radius 1 is 1.20 bits per heavy atom. The van der Waals surface area contributed by atoms with Crippen molar-refractivity contribution in [3.8, 4) is 0 Å². The maximum Gasteiger partial charge on any atom is 0.268 e. The lowest BCUT2D eigenvalue weighted by Crippen LogP contribution is -2.22. The maximum atomic E-state index is 12.2. The fourth-order valence-electron chi connectivity index (χ4n) is 2.14. The molecule has 4 nitrogen and oxygen atoms in total. The van der Waals surface area contributed by atoms with Crippen LogP contribution >= 0.6 is 15.9 Å². The zero-order chi connectivity index (χ0) is 14.1. The van der Waals surface area contributed by atoms with Crippen LogP contribution in [0.4, 0.5) is 0 Å². The van der Waals surface area contributed by atoms with Crippen LogP contribution in [0, 0.1) is 6.92 Å². The van der Waals surface area contributed by atoms with E-state index in [0.29, 0.717) is 16.7 Å². The number of hydrogen-bond acceptors (Lipinski definition) is 3. The first-order chi connectivity index (χ1) is 9.66. The van der Waals surface area contributed by atoms with Gasteiger partial charge in [0, 0.05) is 11.6 Å². The maximum absolute atomic E-state index is 12.2. The predicted molar refractivity (Wildman–Crippen MR) is 81.8 cm³/mol. The molecule has 100 valence electrons. The zero-order valence-electron chi connectivity index (χ0n) is 10.9. The second kappa shape index (κ2) is 5.17. The number of hydrogen-bond donors (Lipinski definition) is 0. The molecule has 0 fully saturated rings. The van der Waals surface area contributed by atoms with E-state index in [9.17, 15) is 4.79 Å². The molecule has 0 radical (unpaired) electrons. The van der Waals surface area contributed by atoms with Gasteiger partial charge in [-0.2, -0.15) is 0 Å². The minimum absolute atomic E-state index is 0.0709. The molecule has 0 atom stereocenters. The highest BCUT2D eigenvalue weighted by molar-refractivity contribution is 9.10. The van der Waals surface area contributed by atoms with Gasteiger partial charge in [0.15, 0.2) is 0 Å². The van der Waals surface area contributed by atoms with Gasteiger partial charge in [0.25, 0.3) is 5.56 Å². The minimum Gasteiger partial charge on any atom is -0.294 e. The van der Waals surface area contributed by atoms with Crippen LogP contribution in [0.15, 0.2) is 52.1 Å². The highest BCUT2D eigenvalue weighted by Crippen LogP contribution is 2.17. The van der Waals surface area contributed by atoms with E-state index in [1.807, 2.05) is 30.3 Å². The van der Waals surface area contributed by atoms with Crippen molar-refractivity contribution in [2.45, 2.75) is 13.5 Å². The monoisotopic (exact) mass is 329 g/mol. The summed E-state index contributed by atoms with van der Waals surface area (Å²) in [6.45, 7) is 2.28. The third-order valence-electron chi connectivity index (χ3n) is 3.24. The SMILES string of the molecule is Cc1ncn(Cc2ccnc3ccccc23)c(=O)c1Br. The summed E-state index contributed by atoms with van der Waals surface area (Å²) in [6, 6.07) is 9.84. The Bertz CT molecular complexity index is 837. The van der Waals surface area contributed by atoms with Gasteiger partial charge >= 0.3 is 0 Å². The lowest BCUT2D eigenvalue weighted by Gasteiger charge is -2.09. The van der Waals surface area contributed by atoms with Crippen molar-refractivity contribution < 1.29 is 0 Å². The molecule has 1 aromatic carbocycles. The Hall–Kier alpha value is -2.01. The first-order valence-corrected chi connectivity index (χ1v) is 7.00. The van der Waals surface area contributed by atoms with Gasteiger partial charge in [-0.25, -0.2) is 4.98 Å². The molecule has 0 unspecified atom stereocenters. The van der Waals surface area contributed by atoms with E-state index in [0.717, 1.165) is 16.5 Å². The first-order valence-electron chi connectivity index (χ1n) is 6.21. The van der Waals surface area contributed by atoms with E-state index in [4.69, 9.17) is 0 Å². The van der Waals surface area contributed by atoms with Crippen molar-refractivity contribution >= 4 is 26.8 Å². The van der Waals surface area contributed by atoms with E-state index in [1.165, 1.54) is 0 Å². The lowest BCUT2D eigenvalue weighted by atomic mass is 10.1. The average Bonchev–Trinajstić information content (AvgIpc) is 2.48. The van der Waals surface area contributed by atoms with Crippen LogP contribution in [0.25, 0.3) is 10.9 Å². The van der Waals surface area contributed by atoms with Crippen LogP contribution in [0.3, 0.4) is 0 Å². The molecule has 2 heterocycles. The summed E-state index contributed by atoms with van der Waals surface area (Å²) in [7, 11) is 0. The van der Waals surface area contributed by atoms with E-state index in [2.05, 4.69) is 25.9 Å². The standard InChI is InChI=1S/C15H12BrN3O/c1-10-14(16)15(20)19(9-18-10)8-11-6-7-17-13-5-3-2-4-12(11)13/h2-7,9H,8H2,1H3. The highest BCUT2D eigenvalue weighted by atomic mass is 79.9. The normalized spacial score (nSPS) is 10.9. The zero-order valence-corrected chi connectivity index (χ0v) is 12.5. The summed E-state index contributed by atoms with van der Waals surface area (Å²) in [4.78, 5) is 20.7. The molecular weight excluding hydrogens is 318 g/mol. The van der Waals surface area contributed by atoms with Gasteiger partial charge in [-0.1, -0.05) is 18.2 Å². The average molecular weight is 330 g/mol. The first kappa shape index (κ1) is 13.0. The Kier molecular flexibility index (Phi) is 3.36. The van der Waals surface area contributed by atoms with E-state index in [1.54, 1.807) is 24.0 Å². The summed E-state index contributed by atoms with van der Waals surface area (Å²) in [5.74, 6) is 0. The van der Waals surface area contributed by atoms with Crippen LogP contribution in [0.1, 0.15) is 11.3 Å². The molecule has 0 aliphatic heterocycles. The topological polar surface area (TPSA) is 47.8 Å². The number of halogens is 1. The van der Waals surface area contributed by atoms with Crippen molar-refractivity contribution in [2.75, 3.05) is 0 Å². The van der Waals surface area contributed by atoms with E-state index in [-0.39, 0.29) is 5.56 Å². The van der Waals surface area contributed by atoms with Crippen molar-refractivity contribution in [3.05, 3.63) is 68.9 Å². The molecule has 0 bridgehead atoms. The summed E-state index contributed by atoms with van der Waals surface area (Å²) in [6.07, 6.45) is 3.34. The molecule has 0 saturated heterocycles. The number of nitrogens with zero attached hydrogens (tertiary/aromatic N) is 3. The third-order valence-corrected chi connectivity index (χ3v) is 4.15. The van der Waals surface area contributed by atoms with Crippen molar-refractivity contribution in [2.24, 2.45) is 0 Å². The van der Waals surface area contributed by atoms with E-state index < -0.39 is 0 Å². The quantitative estimate of drug-likeness (QED) is 0.726. The molecule has 5 heteroatoms. The van der Waals surface area contributed by atoms with Gasteiger partial charge in [-0.3, -0.25) is 14.3 Å². The summed E-state index contributed by atoms with van der Waals surface area (Å²) in [5, 5.41) is 1.05. The fraction of sp³-hybridized carbons (Fsp3) is 0.133. The minimum atomic E-state index is -0.0709. The summed E-state index contributed by atoms with van der Waals surface area (Å²) in [5.41, 5.74) is 2.61. The van der Waals surface area contributed by atoms with Crippen LogP contribution < -0.4 is 5.56 Å². The predicted octanol–water partition coefficient (Wildman–Crippen LogP) is 2.91. The molecule has 0 spiro atoms. The molecule has 2 aromatic heterocycles. The second-order valence-electron chi connectivity index (χ2n) is 4.56. The highest BCUT2D eigenvalue weighted by Gasteiger charge is 2.07. The number of aromatic nitrogens is 3. The van der Waals surface area contributed by atoms with Gasteiger partial charge in [0.05, 0.1) is 24.1 Å². The summed E-state index contributed by atoms with van der Waals surface area (Å²) >= 11 is 3.28. The van der Waals surface area contributed by atoms with Crippen LogP contribution in [0.2, 0.25) is 0 Å². The van der Waals surface area contributed by atoms with Crippen LogP contribution in [-0.4, -0.2) is 14.5 Å². The Morgan fingerprint density at radius 3 is 2.85 bits per heavy atom. The largest absolute Gasteiger partial charge is 0.294 e. The molecule has 0 aliphatic carbocycles. The second-order valence-corrected chi connectivity index (χ2v) is 5.36. The number of para-hydroxylation sites is 1. The van der Waals surface area contributed by atoms with Crippen molar-refractivity contribution in [1.82, 2.24) is 14.5 Å². The smallest absolute Gasteiger partial charge is 0.268 e. The van der Waals surface area contributed by atoms with Crippen molar-refractivity contribution in [1.29, 1.82) is 0 Å². The van der Waals surface area contributed by atoms with E-state index >= 15 is 0 Å². The Morgan fingerprint density at radius 2 is 2.00 bits per heavy atom.